The van der Waals surface area contributed by atoms with Crippen molar-refractivity contribution in [2.75, 3.05) is 19.0 Å². The van der Waals surface area contributed by atoms with Crippen molar-refractivity contribution < 1.29 is 23.1 Å². The van der Waals surface area contributed by atoms with Gasteiger partial charge in [-0.2, -0.15) is 5.06 Å². The zero-order chi connectivity index (χ0) is 23.4. The summed E-state index contributed by atoms with van der Waals surface area (Å²) in [5, 5.41) is 13.0. The highest BCUT2D eigenvalue weighted by atomic mass is 32.2. The van der Waals surface area contributed by atoms with Crippen molar-refractivity contribution in [2.45, 2.75) is 69.9 Å². The first-order valence-corrected chi connectivity index (χ1v) is 13.2. The van der Waals surface area contributed by atoms with E-state index in [9.17, 15) is 13.6 Å². The second kappa shape index (κ2) is 10.2. The maximum absolute atomic E-state index is 13.7. The van der Waals surface area contributed by atoms with Crippen LogP contribution in [0.1, 0.15) is 70.5 Å². The van der Waals surface area contributed by atoms with Gasteiger partial charge in [0.15, 0.2) is 21.3 Å². The molecule has 0 amide bonds. The summed E-state index contributed by atoms with van der Waals surface area (Å²) in [5.41, 5.74) is 0.443. The molecular weight excluding hydrogens is 426 g/mol. The molecule has 1 aliphatic heterocycles. The Bertz CT molecular complexity index is 1010. The second-order valence-corrected chi connectivity index (χ2v) is 10.3. The molecule has 0 saturated carbocycles. The van der Waals surface area contributed by atoms with Crippen LogP contribution in [0.25, 0.3) is 0 Å². The zero-order valence-electron chi connectivity index (χ0n) is 19.5. The molecular formula is C25H35NO5S. The highest BCUT2D eigenvalue weighted by Crippen LogP contribution is 2.47. The third kappa shape index (κ3) is 4.65. The first-order valence-electron chi connectivity index (χ1n) is 11.5. The molecule has 2 aromatic carbocycles. The number of unbranched alkanes of at least 4 members (excludes halogenated alkanes) is 1. The van der Waals surface area contributed by atoms with E-state index in [1.807, 2.05) is 51.1 Å². The minimum atomic E-state index is -3.71. The van der Waals surface area contributed by atoms with Crippen LogP contribution in [0.15, 0.2) is 47.4 Å². The molecule has 0 fully saturated rings. The van der Waals surface area contributed by atoms with Crippen molar-refractivity contribution in [2.24, 2.45) is 0 Å². The van der Waals surface area contributed by atoms with Crippen LogP contribution in [-0.2, 0) is 9.84 Å². The zero-order valence-corrected chi connectivity index (χ0v) is 20.3. The molecule has 0 spiro atoms. The van der Waals surface area contributed by atoms with Crippen LogP contribution < -0.4 is 9.47 Å². The molecule has 0 aliphatic carbocycles. The fraction of sp³-hybridized carbons (Fsp3) is 0.520. The SMILES string of the molecule is CCCCC1(CC)CS(=O)(=O)c2cc(OCC)c(OCC)cc2C(c2ccccc2)N1O. The van der Waals surface area contributed by atoms with Crippen molar-refractivity contribution in [3.05, 3.63) is 53.6 Å². The fourth-order valence-electron chi connectivity index (χ4n) is 4.57. The van der Waals surface area contributed by atoms with Crippen LogP contribution in [0.3, 0.4) is 0 Å². The lowest BCUT2D eigenvalue weighted by Gasteiger charge is -2.42. The number of ether oxygens (including phenoxy) is 2. The number of rotatable bonds is 9. The number of sulfone groups is 1. The summed E-state index contributed by atoms with van der Waals surface area (Å²) in [7, 11) is -3.71. The molecule has 176 valence electrons. The number of nitrogens with zero attached hydrogens (tertiary/aromatic N) is 1. The van der Waals surface area contributed by atoms with E-state index in [0.29, 0.717) is 43.1 Å². The maximum Gasteiger partial charge on any atom is 0.180 e. The first-order chi connectivity index (χ1) is 15.3. The van der Waals surface area contributed by atoms with Crippen molar-refractivity contribution >= 4 is 9.84 Å². The molecule has 0 bridgehead atoms. The van der Waals surface area contributed by atoms with Crippen molar-refractivity contribution in [1.29, 1.82) is 0 Å². The van der Waals surface area contributed by atoms with Gasteiger partial charge in [-0.25, -0.2) is 8.42 Å². The molecule has 1 heterocycles. The Hall–Kier alpha value is -2.09. The molecule has 6 nitrogen and oxygen atoms in total. The highest BCUT2D eigenvalue weighted by molar-refractivity contribution is 7.91. The number of hydroxylamine groups is 2. The van der Waals surface area contributed by atoms with Gasteiger partial charge in [-0.1, -0.05) is 57.0 Å². The Morgan fingerprint density at radius 1 is 1.03 bits per heavy atom. The molecule has 3 rings (SSSR count). The number of fused-ring (bicyclic) bond motifs is 1. The largest absolute Gasteiger partial charge is 0.490 e. The lowest BCUT2D eigenvalue weighted by Crippen LogP contribution is -2.51. The quantitative estimate of drug-likeness (QED) is 0.539. The van der Waals surface area contributed by atoms with E-state index in [-0.39, 0.29) is 10.6 Å². The van der Waals surface area contributed by atoms with Gasteiger partial charge in [0, 0.05) is 6.07 Å². The van der Waals surface area contributed by atoms with Crippen LogP contribution in [0, 0.1) is 0 Å². The first kappa shape index (κ1) is 24.6. The van der Waals surface area contributed by atoms with Gasteiger partial charge in [0.1, 0.15) is 0 Å². The predicted octanol–water partition coefficient (Wildman–Crippen LogP) is 5.39. The second-order valence-electron chi connectivity index (χ2n) is 8.30. The molecule has 32 heavy (non-hydrogen) atoms. The Kier molecular flexibility index (Phi) is 7.85. The van der Waals surface area contributed by atoms with Crippen LogP contribution in [0.2, 0.25) is 0 Å². The summed E-state index contributed by atoms with van der Waals surface area (Å²) in [4.78, 5) is 0.198. The topological polar surface area (TPSA) is 76.1 Å². The van der Waals surface area contributed by atoms with E-state index in [4.69, 9.17) is 9.47 Å². The van der Waals surface area contributed by atoms with E-state index in [0.717, 1.165) is 18.4 Å². The minimum absolute atomic E-state index is 0.150. The molecule has 0 saturated heterocycles. The highest BCUT2D eigenvalue weighted by Gasteiger charge is 2.48. The van der Waals surface area contributed by atoms with Gasteiger partial charge in [0.05, 0.1) is 35.4 Å². The number of hydrogen-bond acceptors (Lipinski definition) is 6. The molecule has 1 aliphatic rings. The lowest BCUT2D eigenvalue weighted by molar-refractivity contribution is -0.193. The Labute approximate surface area is 192 Å². The monoisotopic (exact) mass is 461 g/mol. The van der Waals surface area contributed by atoms with Gasteiger partial charge in [0.25, 0.3) is 0 Å². The van der Waals surface area contributed by atoms with E-state index in [2.05, 4.69) is 6.92 Å². The summed E-state index contributed by atoms with van der Waals surface area (Å²) in [6, 6.07) is 12.2. The van der Waals surface area contributed by atoms with Gasteiger partial charge in [-0.15, -0.1) is 0 Å². The van der Waals surface area contributed by atoms with Crippen LogP contribution in [0.4, 0.5) is 0 Å². The molecule has 0 radical (unpaired) electrons. The average Bonchev–Trinajstić information content (AvgIpc) is 2.85. The van der Waals surface area contributed by atoms with E-state index < -0.39 is 21.4 Å². The van der Waals surface area contributed by atoms with Crippen LogP contribution >= 0.6 is 0 Å². The van der Waals surface area contributed by atoms with Gasteiger partial charge in [-0.05, 0) is 43.9 Å². The van der Waals surface area contributed by atoms with Crippen LogP contribution in [0.5, 0.6) is 11.5 Å². The Morgan fingerprint density at radius 2 is 1.66 bits per heavy atom. The summed E-state index contributed by atoms with van der Waals surface area (Å²) in [6.45, 7) is 8.55. The minimum Gasteiger partial charge on any atom is -0.490 e. The number of hydrogen-bond donors (Lipinski definition) is 1. The van der Waals surface area contributed by atoms with E-state index in [1.54, 1.807) is 12.1 Å². The van der Waals surface area contributed by atoms with Gasteiger partial charge in [0.2, 0.25) is 0 Å². The normalized spacial score (nSPS) is 22.7. The summed E-state index contributed by atoms with van der Waals surface area (Å²) in [6.07, 6.45) is 2.84. The van der Waals surface area contributed by atoms with E-state index >= 15 is 0 Å². The van der Waals surface area contributed by atoms with Crippen molar-refractivity contribution in [3.8, 4) is 11.5 Å². The van der Waals surface area contributed by atoms with Crippen molar-refractivity contribution in [1.82, 2.24) is 5.06 Å². The summed E-state index contributed by atoms with van der Waals surface area (Å²) in [5.74, 6) is 0.740. The molecule has 1 N–H and O–H groups in total. The lowest BCUT2D eigenvalue weighted by atomic mass is 9.87. The Morgan fingerprint density at radius 3 is 2.22 bits per heavy atom. The smallest absolute Gasteiger partial charge is 0.180 e. The van der Waals surface area contributed by atoms with Crippen LogP contribution in [-0.4, -0.2) is 43.2 Å². The number of benzene rings is 2. The summed E-state index contributed by atoms with van der Waals surface area (Å²) < 4.78 is 39.0. The Balaban J connectivity index is 2.33. The molecule has 0 aromatic heterocycles. The van der Waals surface area contributed by atoms with E-state index in [1.165, 1.54) is 5.06 Å². The maximum atomic E-state index is 13.7. The summed E-state index contributed by atoms with van der Waals surface area (Å²) >= 11 is 0. The molecule has 2 atom stereocenters. The van der Waals surface area contributed by atoms with Crippen molar-refractivity contribution in [3.63, 3.8) is 0 Å². The third-order valence-corrected chi connectivity index (χ3v) is 8.20. The molecule has 2 aromatic rings. The van der Waals surface area contributed by atoms with Gasteiger partial charge in [-0.3, -0.25) is 0 Å². The van der Waals surface area contributed by atoms with Gasteiger partial charge >= 0.3 is 0 Å². The average molecular weight is 462 g/mol. The third-order valence-electron chi connectivity index (χ3n) is 6.26. The molecule has 2 unspecified atom stereocenters. The standard InChI is InChI=1S/C25H35NO5S/c1-5-9-15-25(6-2)18-32(28,29)23-17-22(31-8-4)21(30-7-3)16-20(23)24(26(25)27)19-13-11-10-12-14-19/h10-14,16-17,24,27H,5-9,15,18H2,1-4H3. The fourth-order valence-corrected chi connectivity index (χ4v) is 6.73. The van der Waals surface area contributed by atoms with Gasteiger partial charge < -0.3 is 14.7 Å². The molecule has 7 heteroatoms. The predicted molar refractivity (Wildman–Crippen MR) is 125 cm³/mol.